The molecule has 0 amide bonds. The molecule has 1 aromatic heterocycles. The molecule has 1 aliphatic carbocycles. The van der Waals surface area contributed by atoms with Crippen LogP contribution in [0.15, 0.2) is 84.2 Å². The molecule has 6 heteroatoms. The maximum absolute atomic E-state index is 13.7. The second-order valence-electron chi connectivity index (χ2n) is 9.59. The standard InChI is InChI=1S/C27H28N4OS/c1-27(2)16-20-24(23(32)17-27)25(22-14-9-15-30(22)3)31(21-13-8-7-12-19(21)29-20)26(33)28-18-10-5-4-6-11-18/h4-15,25,29H,16-17H2,1-3H3,(H,28,33)/t25-/m1/s1. The summed E-state index contributed by atoms with van der Waals surface area (Å²) < 4.78 is 2.08. The number of carbonyl (C=O) groups is 1. The van der Waals surface area contributed by atoms with E-state index in [9.17, 15) is 4.79 Å². The summed E-state index contributed by atoms with van der Waals surface area (Å²) >= 11 is 6.01. The lowest BCUT2D eigenvalue weighted by atomic mass is 9.74. The van der Waals surface area contributed by atoms with Crippen molar-refractivity contribution in [1.29, 1.82) is 0 Å². The lowest BCUT2D eigenvalue weighted by Gasteiger charge is -2.38. The summed E-state index contributed by atoms with van der Waals surface area (Å²) in [6, 6.07) is 21.8. The summed E-state index contributed by atoms with van der Waals surface area (Å²) in [5.41, 5.74) is 5.50. The van der Waals surface area contributed by atoms with Gasteiger partial charge in [0.05, 0.1) is 11.4 Å². The minimum atomic E-state index is -0.344. The van der Waals surface area contributed by atoms with E-state index in [1.807, 2.05) is 61.8 Å². The van der Waals surface area contributed by atoms with Gasteiger partial charge in [-0.1, -0.05) is 44.2 Å². The Morgan fingerprint density at radius 1 is 1.03 bits per heavy atom. The normalized spacial score (nSPS) is 19.3. The maximum atomic E-state index is 13.7. The number of Topliss-reactive ketones (excluding diaryl/α,β-unsaturated/α-hetero) is 1. The number of aromatic nitrogens is 1. The number of nitrogens with zero attached hydrogens (tertiary/aromatic N) is 2. The van der Waals surface area contributed by atoms with Crippen LogP contribution in [0.4, 0.5) is 17.1 Å². The molecule has 168 valence electrons. The minimum Gasteiger partial charge on any atom is -0.357 e. The summed E-state index contributed by atoms with van der Waals surface area (Å²) in [6.45, 7) is 4.31. The first-order valence-corrected chi connectivity index (χ1v) is 11.6. The fraction of sp³-hybridized carbons (Fsp3) is 0.259. The highest BCUT2D eigenvalue weighted by molar-refractivity contribution is 7.80. The topological polar surface area (TPSA) is 49.3 Å². The number of ketones is 1. The first kappa shape index (κ1) is 21.5. The summed E-state index contributed by atoms with van der Waals surface area (Å²) in [5.74, 6) is 0.167. The summed E-state index contributed by atoms with van der Waals surface area (Å²) in [4.78, 5) is 15.8. The van der Waals surface area contributed by atoms with Crippen LogP contribution in [0.2, 0.25) is 0 Å². The highest BCUT2D eigenvalue weighted by Gasteiger charge is 2.43. The number of hydrogen-bond acceptors (Lipinski definition) is 3. The van der Waals surface area contributed by atoms with Crippen LogP contribution >= 0.6 is 12.2 Å². The van der Waals surface area contributed by atoms with E-state index in [2.05, 4.69) is 52.1 Å². The van der Waals surface area contributed by atoms with Crippen molar-refractivity contribution in [3.8, 4) is 0 Å². The maximum Gasteiger partial charge on any atom is 0.178 e. The largest absolute Gasteiger partial charge is 0.357 e. The van der Waals surface area contributed by atoms with Crippen LogP contribution in [-0.2, 0) is 11.8 Å². The Hall–Kier alpha value is -3.38. The number of thiocarbonyl (C=S) groups is 1. The second kappa shape index (κ2) is 8.19. The number of fused-ring (bicyclic) bond motifs is 1. The number of para-hydroxylation sites is 3. The van der Waals surface area contributed by atoms with E-state index in [1.165, 1.54) is 0 Å². The van der Waals surface area contributed by atoms with Crippen LogP contribution < -0.4 is 15.5 Å². The van der Waals surface area contributed by atoms with E-state index in [-0.39, 0.29) is 17.2 Å². The number of benzene rings is 2. The van der Waals surface area contributed by atoms with Gasteiger partial charge in [0.25, 0.3) is 0 Å². The van der Waals surface area contributed by atoms with E-state index in [1.54, 1.807) is 0 Å². The predicted octanol–water partition coefficient (Wildman–Crippen LogP) is 6.04. The molecule has 0 spiro atoms. The lowest BCUT2D eigenvalue weighted by Crippen LogP contribution is -2.42. The number of nitrogens with one attached hydrogen (secondary N) is 2. The van der Waals surface area contributed by atoms with E-state index in [0.717, 1.165) is 40.4 Å². The highest BCUT2D eigenvalue weighted by atomic mass is 32.1. The van der Waals surface area contributed by atoms with Crippen molar-refractivity contribution in [3.05, 3.63) is 89.9 Å². The van der Waals surface area contributed by atoms with Crippen LogP contribution in [0.25, 0.3) is 0 Å². The number of rotatable bonds is 2. The van der Waals surface area contributed by atoms with Gasteiger partial charge in [0.15, 0.2) is 10.9 Å². The molecule has 0 saturated carbocycles. The second-order valence-corrected chi connectivity index (χ2v) is 9.97. The molecule has 0 fully saturated rings. The van der Waals surface area contributed by atoms with Gasteiger partial charge < -0.3 is 20.1 Å². The molecule has 5 rings (SSSR count). The van der Waals surface area contributed by atoms with Gasteiger partial charge >= 0.3 is 0 Å². The minimum absolute atomic E-state index is 0.103. The fourth-order valence-electron chi connectivity index (χ4n) is 4.95. The summed E-state index contributed by atoms with van der Waals surface area (Å²) in [5, 5.41) is 7.58. The van der Waals surface area contributed by atoms with E-state index >= 15 is 0 Å². The molecule has 2 aromatic carbocycles. The molecule has 2 N–H and O–H groups in total. The van der Waals surface area contributed by atoms with Crippen LogP contribution in [0.5, 0.6) is 0 Å². The fourth-order valence-corrected chi connectivity index (χ4v) is 5.28. The quantitative estimate of drug-likeness (QED) is 0.461. The Morgan fingerprint density at radius 2 is 1.76 bits per heavy atom. The van der Waals surface area contributed by atoms with Crippen molar-refractivity contribution in [2.75, 3.05) is 15.5 Å². The molecule has 1 aliphatic heterocycles. The van der Waals surface area contributed by atoms with Crippen LogP contribution in [0, 0.1) is 5.41 Å². The zero-order valence-electron chi connectivity index (χ0n) is 19.1. The Balaban J connectivity index is 1.72. The third kappa shape index (κ3) is 3.95. The van der Waals surface area contributed by atoms with Gasteiger partial charge in [0.2, 0.25) is 0 Å². The van der Waals surface area contributed by atoms with Gasteiger partial charge in [-0.25, -0.2) is 0 Å². The van der Waals surface area contributed by atoms with E-state index < -0.39 is 0 Å². The summed E-state index contributed by atoms with van der Waals surface area (Å²) in [7, 11) is 2.02. The first-order valence-electron chi connectivity index (χ1n) is 11.2. The van der Waals surface area contributed by atoms with E-state index in [4.69, 9.17) is 12.2 Å². The Kier molecular flexibility index (Phi) is 5.33. The van der Waals surface area contributed by atoms with Crippen LogP contribution in [0.1, 0.15) is 38.4 Å². The number of hydrogen-bond donors (Lipinski definition) is 2. The van der Waals surface area contributed by atoms with Gasteiger partial charge in [-0.15, -0.1) is 0 Å². The number of aryl methyl sites for hydroxylation is 1. The molecule has 0 radical (unpaired) electrons. The molecule has 1 atom stereocenters. The smallest absolute Gasteiger partial charge is 0.178 e. The zero-order chi connectivity index (χ0) is 23.2. The first-order chi connectivity index (χ1) is 15.8. The van der Waals surface area contributed by atoms with Gasteiger partial charge in [0.1, 0.15) is 6.04 Å². The van der Waals surface area contributed by atoms with Crippen molar-refractivity contribution in [2.45, 2.75) is 32.7 Å². The molecule has 5 nitrogen and oxygen atoms in total. The molecule has 0 saturated heterocycles. The molecule has 0 unspecified atom stereocenters. The average Bonchev–Trinajstić information content (AvgIpc) is 3.12. The van der Waals surface area contributed by atoms with Gasteiger partial charge in [-0.05, 0) is 60.5 Å². The van der Waals surface area contributed by atoms with Crippen molar-refractivity contribution in [2.24, 2.45) is 12.5 Å². The Morgan fingerprint density at radius 3 is 2.48 bits per heavy atom. The summed E-state index contributed by atoms with van der Waals surface area (Å²) in [6.07, 6.45) is 3.33. The SMILES string of the molecule is Cn1cccc1[C@@H]1C2=C(CC(C)(C)CC2=O)Nc2ccccc2N1C(=S)Nc1ccccc1. The molecule has 0 bridgehead atoms. The lowest BCUT2D eigenvalue weighted by molar-refractivity contribution is -0.118. The number of carbonyl (C=O) groups excluding carboxylic acids is 1. The van der Waals surface area contributed by atoms with Crippen molar-refractivity contribution >= 4 is 40.2 Å². The monoisotopic (exact) mass is 456 g/mol. The average molecular weight is 457 g/mol. The molecular formula is C27H28N4OS. The van der Waals surface area contributed by atoms with E-state index in [0.29, 0.717) is 11.5 Å². The molecule has 2 aliphatic rings. The number of anilines is 3. The third-order valence-corrected chi connectivity index (χ3v) is 6.71. The predicted molar refractivity (Wildman–Crippen MR) is 138 cm³/mol. The molecular weight excluding hydrogens is 428 g/mol. The van der Waals surface area contributed by atoms with Crippen molar-refractivity contribution in [3.63, 3.8) is 0 Å². The Bertz CT molecular complexity index is 1260. The van der Waals surface area contributed by atoms with Crippen LogP contribution in [-0.4, -0.2) is 15.5 Å². The zero-order valence-corrected chi connectivity index (χ0v) is 19.9. The van der Waals surface area contributed by atoms with Gasteiger partial charge in [0, 0.05) is 42.3 Å². The van der Waals surface area contributed by atoms with Crippen LogP contribution in [0.3, 0.4) is 0 Å². The molecule has 2 heterocycles. The molecule has 3 aromatic rings. The highest BCUT2D eigenvalue weighted by Crippen LogP contribution is 2.48. The van der Waals surface area contributed by atoms with Crippen molar-refractivity contribution in [1.82, 2.24) is 4.57 Å². The van der Waals surface area contributed by atoms with Gasteiger partial charge in [-0.2, -0.15) is 0 Å². The number of allylic oxidation sites excluding steroid dienone is 1. The van der Waals surface area contributed by atoms with Gasteiger partial charge in [-0.3, -0.25) is 4.79 Å². The molecule has 33 heavy (non-hydrogen) atoms. The third-order valence-electron chi connectivity index (χ3n) is 6.41. The van der Waals surface area contributed by atoms with Crippen molar-refractivity contribution < 1.29 is 4.79 Å². The Labute approximate surface area is 200 Å².